The van der Waals surface area contributed by atoms with Crippen LogP contribution in [0.3, 0.4) is 0 Å². The Labute approximate surface area is 128 Å². The SMILES string of the molecule is CCCNCc1ccccc1N(CC)c1cccc(C)c1. The Hall–Kier alpha value is -1.80. The van der Waals surface area contributed by atoms with E-state index in [-0.39, 0.29) is 0 Å². The second kappa shape index (κ2) is 7.84. The highest BCUT2D eigenvalue weighted by molar-refractivity contribution is 5.66. The molecule has 2 aromatic carbocycles. The summed E-state index contributed by atoms with van der Waals surface area (Å²) >= 11 is 0. The molecule has 0 atom stereocenters. The second-order valence-corrected chi connectivity index (χ2v) is 5.39. The molecule has 0 radical (unpaired) electrons. The molecule has 2 aromatic rings. The first-order valence-electron chi connectivity index (χ1n) is 7.89. The molecule has 0 aliphatic carbocycles. The zero-order valence-electron chi connectivity index (χ0n) is 13.4. The highest BCUT2D eigenvalue weighted by Gasteiger charge is 2.11. The predicted octanol–water partition coefficient (Wildman–Crippen LogP) is 4.65. The minimum Gasteiger partial charge on any atom is -0.341 e. The first-order chi connectivity index (χ1) is 10.3. The maximum absolute atomic E-state index is 3.51. The normalized spacial score (nSPS) is 10.6. The number of rotatable bonds is 7. The largest absolute Gasteiger partial charge is 0.341 e. The van der Waals surface area contributed by atoms with Crippen LogP contribution in [0, 0.1) is 6.92 Å². The molecular weight excluding hydrogens is 256 g/mol. The Bertz CT molecular complexity index is 563. The fourth-order valence-corrected chi connectivity index (χ4v) is 2.61. The Kier molecular flexibility index (Phi) is 5.82. The Balaban J connectivity index is 2.29. The van der Waals surface area contributed by atoms with Crippen LogP contribution in [0.1, 0.15) is 31.4 Å². The molecule has 21 heavy (non-hydrogen) atoms. The summed E-state index contributed by atoms with van der Waals surface area (Å²) in [6, 6.07) is 17.4. The summed E-state index contributed by atoms with van der Waals surface area (Å²) in [5.41, 5.74) is 5.22. The molecule has 0 saturated heterocycles. The molecule has 0 heterocycles. The third kappa shape index (κ3) is 4.08. The van der Waals surface area contributed by atoms with Crippen LogP contribution in [0.5, 0.6) is 0 Å². The van der Waals surface area contributed by atoms with Gasteiger partial charge in [-0.25, -0.2) is 0 Å². The maximum atomic E-state index is 3.51. The van der Waals surface area contributed by atoms with Crippen LogP contribution in [0.2, 0.25) is 0 Å². The van der Waals surface area contributed by atoms with Crippen molar-refractivity contribution in [2.45, 2.75) is 33.7 Å². The Morgan fingerprint density at radius 2 is 1.81 bits per heavy atom. The minimum atomic E-state index is 0.923. The fourth-order valence-electron chi connectivity index (χ4n) is 2.61. The number of anilines is 2. The van der Waals surface area contributed by atoms with E-state index >= 15 is 0 Å². The molecule has 0 saturated carbocycles. The predicted molar refractivity (Wildman–Crippen MR) is 92.3 cm³/mol. The van der Waals surface area contributed by atoms with E-state index in [2.05, 4.69) is 79.5 Å². The van der Waals surface area contributed by atoms with E-state index in [0.717, 1.165) is 26.1 Å². The van der Waals surface area contributed by atoms with Crippen LogP contribution in [-0.4, -0.2) is 13.1 Å². The van der Waals surface area contributed by atoms with E-state index < -0.39 is 0 Å². The molecule has 0 spiro atoms. The molecule has 0 aromatic heterocycles. The van der Waals surface area contributed by atoms with Crippen LogP contribution in [0.15, 0.2) is 48.5 Å². The van der Waals surface area contributed by atoms with Crippen LogP contribution >= 0.6 is 0 Å². The van der Waals surface area contributed by atoms with E-state index in [1.807, 2.05) is 0 Å². The van der Waals surface area contributed by atoms with Crippen molar-refractivity contribution in [1.29, 1.82) is 0 Å². The highest BCUT2D eigenvalue weighted by Crippen LogP contribution is 2.28. The van der Waals surface area contributed by atoms with Crippen LogP contribution < -0.4 is 10.2 Å². The van der Waals surface area contributed by atoms with Crippen LogP contribution in [-0.2, 0) is 6.54 Å². The lowest BCUT2D eigenvalue weighted by Crippen LogP contribution is -2.21. The summed E-state index contributed by atoms with van der Waals surface area (Å²) in [4.78, 5) is 2.38. The first-order valence-corrected chi connectivity index (χ1v) is 7.89. The molecule has 0 aliphatic rings. The van der Waals surface area contributed by atoms with Gasteiger partial charge in [0.05, 0.1) is 0 Å². The summed E-state index contributed by atoms with van der Waals surface area (Å²) < 4.78 is 0. The summed E-state index contributed by atoms with van der Waals surface area (Å²) in [6.07, 6.45) is 1.16. The minimum absolute atomic E-state index is 0.923. The van der Waals surface area contributed by atoms with Gasteiger partial charge in [-0.1, -0.05) is 37.3 Å². The lowest BCUT2D eigenvalue weighted by atomic mass is 10.1. The van der Waals surface area contributed by atoms with Crippen molar-refractivity contribution in [1.82, 2.24) is 5.32 Å². The van der Waals surface area contributed by atoms with Gasteiger partial charge in [0.2, 0.25) is 0 Å². The summed E-state index contributed by atoms with van der Waals surface area (Å²) in [5.74, 6) is 0. The van der Waals surface area contributed by atoms with Crippen molar-refractivity contribution in [3.05, 3.63) is 59.7 Å². The molecule has 0 unspecified atom stereocenters. The zero-order chi connectivity index (χ0) is 15.1. The van der Waals surface area contributed by atoms with E-state index in [4.69, 9.17) is 0 Å². The van der Waals surface area contributed by atoms with E-state index in [0.29, 0.717) is 0 Å². The first kappa shape index (κ1) is 15.6. The van der Waals surface area contributed by atoms with Crippen molar-refractivity contribution < 1.29 is 0 Å². The van der Waals surface area contributed by atoms with Crippen LogP contribution in [0.25, 0.3) is 0 Å². The van der Waals surface area contributed by atoms with Crippen molar-refractivity contribution in [3.63, 3.8) is 0 Å². The molecule has 0 amide bonds. The molecule has 0 bridgehead atoms. The average Bonchev–Trinajstić information content (AvgIpc) is 2.50. The molecule has 2 nitrogen and oxygen atoms in total. The lowest BCUT2D eigenvalue weighted by molar-refractivity contribution is 0.675. The smallest absolute Gasteiger partial charge is 0.0456 e. The number of benzene rings is 2. The number of nitrogens with one attached hydrogen (secondary N) is 1. The van der Waals surface area contributed by atoms with Crippen LogP contribution in [0.4, 0.5) is 11.4 Å². The lowest BCUT2D eigenvalue weighted by Gasteiger charge is -2.26. The number of nitrogens with zero attached hydrogens (tertiary/aromatic N) is 1. The van der Waals surface area contributed by atoms with Gasteiger partial charge in [0.1, 0.15) is 0 Å². The number of hydrogen-bond donors (Lipinski definition) is 1. The van der Waals surface area contributed by atoms with Crippen molar-refractivity contribution in [3.8, 4) is 0 Å². The van der Waals surface area contributed by atoms with Crippen molar-refractivity contribution in [2.24, 2.45) is 0 Å². The van der Waals surface area contributed by atoms with Gasteiger partial charge in [0, 0.05) is 24.5 Å². The third-order valence-corrected chi connectivity index (χ3v) is 3.65. The van der Waals surface area contributed by atoms with Gasteiger partial charge in [-0.3, -0.25) is 0 Å². The summed E-state index contributed by atoms with van der Waals surface area (Å²) in [5, 5.41) is 3.51. The molecule has 0 aliphatic heterocycles. The highest BCUT2D eigenvalue weighted by atomic mass is 15.1. The maximum Gasteiger partial charge on any atom is 0.0456 e. The standard InChI is InChI=1S/C19H26N2/c1-4-13-20-15-17-10-6-7-12-19(17)21(5-2)18-11-8-9-16(3)14-18/h6-12,14,20H,4-5,13,15H2,1-3H3. The van der Waals surface area contributed by atoms with Gasteiger partial charge in [-0.2, -0.15) is 0 Å². The Morgan fingerprint density at radius 1 is 1.00 bits per heavy atom. The van der Waals surface area contributed by atoms with Crippen molar-refractivity contribution >= 4 is 11.4 Å². The number of para-hydroxylation sites is 1. The second-order valence-electron chi connectivity index (χ2n) is 5.39. The average molecular weight is 282 g/mol. The van der Waals surface area contributed by atoms with Gasteiger partial charge in [-0.15, -0.1) is 0 Å². The van der Waals surface area contributed by atoms with E-state index in [9.17, 15) is 0 Å². The Morgan fingerprint density at radius 3 is 2.52 bits per heavy atom. The molecule has 0 fully saturated rings. The van der Waals surface area contributed by atoms with Gasteiger partial charge < -0.3 is 10.2 Å². The zero-order valence-corrected chi connectivity index (χ0v) is 13.4. The monoisotopic (exact) mass is 282 g/mol. The number of aryl methyl sites for hydroxylation is 1. The van der Waals surface area contributed by atoms with E-state index in [1.165, 1.54) is 22.5 Å². The molecule has 1 N–H and O–H groups in total. The molecule has 2 heteroatoms. The quantitative estimate of drug-likeness (QED) is 0.743. The molecular formula is C19H26N2. The topological polar surface area (TPSA) is 15.3 Å². The van der Waals surface area contributed by atoms with Crippen molar-refractivity contribution in [2.75, 3.05) is 18.0 Å². The third-order valence-electron chi connectivity index (χ3n) is 3.65. The molecule has 112 valence electrons. The van der Waals surface area contributed by atoms with Gasteiger partial charge in [0.25, 0.3) is 0 Å². The molecule has 2 rings (SSSR count). The van der Waals surface area contributed by atoms with Gasteiger partial charge >= 0.3 is 0 Å². The number of hydrogen-bond acceptors (Lipinski definition) is 2. The van der Waals surface area contributed by atoms with E-state index in [1.54, 1.807) is 0 Å². The van der Waals surface area contributed by atoms with Gasteiger partial charge in [0.15, 0.2) is 0 Å². The summed E-state index contributed by atoms with van der Waals surface area (Å²) in [6.45, 7) is 9.50. The summed E-state index contributed by atoms with van der Waals surface area (Å²) in [7, 11) is 0. The fraction of sp³-hybridized carbons (Fsp3) is 0.368. The van der Waals surface area contributed by atoms with Gasteiger partial charge in [-0.05, 0) is 56.1 Å².